The maximum absolute atomic E-state index is 11.0. The second-order valence-electron chi connectivity index (χ2n) is 4.70. The molecule has 0 atom stereocenters. The number of aromatic carboxylic acids is 1. The number of aromatic amines is 1. The van der Waals surface area contributed by atoms with E-state index in [-0.39, 0.29) is 5.69 Å². The number of rotatable bonds is 4. The molecule has 0 saturated carbocycles. The Morgan fingerprint density at radius 3 is 2.91 bits per heavy atom. The molecule has 3 aromatic heterocycles. The van der Waals surface area contributed by atoms with Crippen LogP contribution >= 0.6 is 0 Å². The normalized spacial score (nSPS) is 10.4. The second kappa shape index (κ2) is 5.65. The molecular weight excluding hydrogens is 282 g/mol. The van der Waals surface area contributed by atoms with Crippen LogP contribution in [0.2, 0.25) is 0 Å². The Morgan fingerprint density at radius 1 is 1.36 bits per heavy atom. The summed E-state index contributed by atoms with van der Waals surface area (Å²) >= 11 is 0. The first kappa shape index (κ1) is 13.7. The SMILES string of the molecule is Cc1cnc(Nc2cccnc2)nc1-c1c[nH]c(C(=O)O)c1. The van der Waals surface area contributed by atoms with Gasteiger partial charge in [-0.1, -0.05) is 0 Å². The summed E-state index contributed by atoms with van der Waals surface area (Å²) in [6, 6.07) is 5.21. The summed E-state index contributed by atoms with van der Waals surface area (Å²) in [5.41, 5.74) is 3.12. The average Bonchev–Trinajstić information content (AvgIpc) is 3.00. The predicted molar refractivity (Wildman–Crippen MR) is 81.0 cm³/mol. The van der Waals surface area contributed by atoms with Gasteiger partial charge in [0, 0.05) is 24.2 Å². The van der Waals surface area contributed by atoms with Crippen molar-refractivity contribution in [3.8, 4) is 11.3 Å². The monoisotopic (exact) mass is 295 g/mol. The van der Waals surface area contributed by atoms with Crippen molar-refractivity contribution in [2.24, 2.45) is 0 Å². The Morgan fingerprint density at radius 2 is 2.23 bits per heavy atom. The lowest BCUT2D eigenvalue weighted by Gasteiger charge is -2.07. The van der Waals surface area contributed by atoms with E-state index in [1.807, 2.05) is 19.1 Å². The average molecular weight is 295 g/mol. The fraction of sp³-hybridized carbons (Fsp3) is 0.0667. The maximum Gasteiger partial charge on any atom is 0.352 e. The van der Waals surface area contributed by atoms with Crippen molar-refractivity contribution >= 4 is 17.6 Å². The molecule has 0 unspecified atom stereocenters. The van der Waals surface area contributed by atoms with Gasteiger partial charge in [0.1, 0.15) is 5.69 Å². The molecule has 0 bridgehead atoms. The Hall–Kier alpha value is -3.22. The highest BCUT2D eigenvalue weighted by molar-refractivity contribution is 5.87. The summed E-state index contributed by atoms with van der Waals surface area (Å²) in [6.45, 7) is 1.87. The van der Waals surface area contributed by atoms with E-state index in [2.05, 4.69) is 25.3 Å². The van der Waals surface area contributed by atoms with Gasteiger partial charge in [0.2, 0.25) is 5.95 Å². The van der Waals surface area contributed by atoms with Crippen LogP contribution in [0.25, 0.3) is 11.3 Å². The van der Waals surface area contributed by atoms with Gasteiger partial charge in [0.15, 0.2) is 0 Å². The Bertz CT molecular complexity index is 814. The summed E-state index contributed by atoms with van der Waals surface area (Å²) in [5.74, 6) is -0.585. The molecule has 0 fully saturated rings. The molecule has 0 aliphatic carbocycles. The molecule has 110 valence electrons. The zero-order valence-electron chi connectivity index (χ0n) is 11.7. The zero-order valence-corrected chi connectivity index (χ0v) is 11.7. The Kier molecular flexibility index (Phi) is 3.53. The molecule has 7 heteroatoms. The highest BCUT2D eigenvalue weighted by atomic mass is 16.4. The number of pyridine rings is 1. The van der Waals surface area contributed by atoms with Gasteiger partial charge in [-0.15, -0.1) is 0 Å². The fourth-order valence-electron chi connectivity index (χ4n) is 2.01. The third-order valence-corrected chi connectivity index (χ3v) is 3.08. The number of nitrogens with one attached hydrogen (secondary N) is 2. The highest BCUT2D eigenvalue weighted by Gasteiger charge is 2.12. The van der Waals surface area contributed by atoms with Crippen LogP contribution in [0, 0.1) is 6.92 Å². The van der Waals surface area contributed by atoms with Crippen molar-refractivity contribution in [3.63, 3.8) is 0 Å². The Labute approximate surface area is 126 Å². The molecule has 0 aliphatic heterocycles. The summed E-state index contributed by atoms with van der Waals surface area (Å²) in [5, 5.41) is 12.0. The predicted octanol–water partition coefficient (Wildman–Crippen LogP) is 2.62. The lowest BCUT2D eigenvalue weighted by atomic mass is 10.1. The number of hydrogen-bond acceptors (Lipinski definition) is 5. The third-order valence-electron chi connectivity index (χ3n) is 3.08. The lowest BCUT2D eigenvalue weighted by molar-refractivity contribution is 0.0691. The van der Waals surface area contributed by atoms with Crippen LogP contribution in [0.15, 0.2) is 43.0 Å². The van der Waals surface area contributed by atoms with E-state index in [1.54, 1.807) is 30.9 Å². The van der Waals surface area contributed by atoms with Gasteiger partial charge in [0.25, 0.3) is 0 Å². The number of carboxylic acid groups (broad SMARTS) is 1. The first-order valence-corrected chi connectivity index (χ1v) is 6.56. The van der Waals surface area contributed by atoms with Gasteiger partial charge in [-0.3, -0.25) is 4.98 Å². The van der Waals surface area contributed by atoms with Gasteiger partial charge in [0.05, 0.1) is 17.6 Å². The van der Waals surface area contributed by atoms with Crippen LogP contribution in [0.1, 0.15) is 16.1 Å². The van der Waals surface area contributed by atoms with Crippen molar-refractivity contribution < 1.29 is 9.90 Å². The van der Waals surface area contributed by atoms with Crippen LogP contribution in [-0.4, -0.2) is 31.0 Å². The number of aromatic nitrogens is 4. The van der Waals surface area contributed by atoms with Crippen molar-refractivity contribution in [1.29, 1.82) is 0 Å². The highest BCUT2D eigenvalue weighted by Crippen LogP contribution is 2.23. The van der Waals surface area contributed by atoms with Crippen LogP contribution < -0.4 is 5.32 Å². The van der Waals surface area contributed by atoms with E-state index in [0.29, 0.717) is 17.2 Å². The van der Waals surface area contributed by atoms with E-state index < -0.39 is 5.97 Å². The van der Waals surface area contributed by atoms with Gasteiger partial charge in [-0.25, -0.2) is 14.8 Å². The summed E-state index contributed by atoms with van der Waals surface area (Å²) in [4.78, 5) is 26.4. The van der Waals surface area contributed by atoms with E-state index >= 15 is 0 Å². The number of hydrogen-bond donors (Lipinski definition) is 3. The molecule has 0 spiro atoms. The Balaban J connectivity index is 1.94. The summed E-state index contributed by atoms with van der Waals surface area (Å²) < 4.78 is 0. The van der Waals surface area contributed by atoms with E-state index in [1.165, 1.54) is 0 Å². The topological polar surface area (TPSA) is 104 Å². The molecule has 3 aromatic rings. The number of nitrogens with zero attached hydrogens (tertiary/aromatic N) is 3. The summed E-state index contributed by atoms with van der Waals surface area (Å²) in [7, 11) is 0. The van der Waals surface area contributed by atoms with E-state index in [9.17, 15) is 4.79 Å². The van der Waals surface area contributed by atoms with Crippen molar-refractivity contribution in [2.45, 2.75) is 6.92 Å². The van der Waals surface area contributed by atoms with Gasteiger partial charge < -0.3 is 15.4 Å². The molecule has 0 aromatic carbocycles. The molecule has 3 heterocycles. The van der Waals surface area contributed by atoms with Gasteiger partial charge >= 0.3 is 5.97 Å². The van der Waals surface area contributed by atoms with E-state index in [0.717, 1.165) is 11.3 Å². The summed E-state index contributed by atoms with van der Waals surface area (Å²) in [6.07, 6.45) is 6.66. The van der Waals surface area contributed by atoms with Crippen LogP contribution in [-0.2, 0) is 0 Å². The third kappa shape index (κ3) is 2.78. The van der Waals surface area contributed by atoms with Crippen molar-refractivity contribution in [3.05, 3.63) is 54.2 Å². The lowest BCUT2D eigenvalue weighted by Crippen LogP contribution is -2.00. The molecular formula is C15H13N5O2. The van der Waals surface area contributed by atoms with E-state index in [4.69, 9.17) is 5.11 Å². The van der Waals surface area contributed by atoms with Crippen LogP contribution in [0.3, 0.4) is 0 Å². The van der Waals surface area contributed by atoms with Gasteiger partial charge in [-0.05, 0) is 30.7 Å². The zero-order chi connectivity index (χ0) is 15.5. The van der Waals surface area contributed by atoms with Crippen LogP contribution in [0.4, 0.5) is 11.6 Å². The number of aryl methyl sites for hydroxylation is 1. The molecule has 0 aliphatic rings. The molecule has 0 radical (unpaired) electrons. The largest absolute Gasteiger partial charge is 0.477 e. The number of anilines is 2. The quantitative estimate of drug-likeness (QED) is 0.683. The first-order chi connectivity index (χ1) is 10.6. The number of carbonyl (C=O) groups is 1. The van der Waals surface area contributed by atoms with Crippen molar-refractivity contribution in [1.82, 2.24) is 19.9 Å². The van der Waals surface area contributed by atoms with Crippen molar-refractivity contribution in [2.75, 3.05) is 5.32 Å². The van der Waals surface area contributed by atoms with Gasteiger partial charge in [-0.2, -0.15) is 0 Å². The molecule has 22 heavy (non-hydrogen) atoms. The number of carboxylic acids is 1. The minimum absolute atomic E-state index is 0.120. The van der Waals surface area contributed by atoms with Crippen LogP contribution in [0.5, 0.6) is 0 Å². The molecule has 7 nitrogen and oxygen atoms in total. The molecule has 3 N–H and O–H groups in total. The molecule has 0 amide bonds. The molecule has 0 saturated heterocycles. The minimum atomic E-state index is -1.01. The number of H-pyrrole nitrogens is 1. The smallest absolute Gasteiger partial charge is 0.352 e. The molecule has 3 rings (SSSR count). The minimum Gasteiger partial charge on any atom is -0.477 e. The maximum atomic E-state index is 11.0. The first-order valence-electron chi connectivity index (χ1n) is 6.56. The fourth-order valence-corrected chi connectivity index (χ4v) is 2.01. The second-order valence-corrected chi connectivity index (χ2v) is 4.70. The standard InChI is InChI=1S/C15H13N5O2/c1-9-6-18-15(19-11-3-2-4-16-8-11)20-13(9)10-5-12(14(21)22)17-7-10/h2-8,17H,1H3,(H,21,22)(H,18,19,20).